The molecule has 1 atom stereocenters. The van der Waals surface area contributed by atoms with Crippen LogP contribution in [0.15, 0.2) is 5.38 Å². The maximum absolute atomic E-state index is 9.43. The zero-order chi connectivity index (χ0) is 15.2. The Balaban J connectivity index is 1.73. The Bertz CT molecular complexity index is 411. The molecule has 2 heterocycles. The smallest absolute Gasteiger partial charge is 0.0928 e. The molecule has 0 saturated carbocycles. The summed E-state index contributed by atoms with van der Waals surface area (Å²) >= 11 is 1.81. The fraction of sp³-hybridized carbons (Fsp3) is 0.812. The maximum atomic E-state index is 9.43. The SMILES string of the molecule is CC(C)CCc1nc(CN2CCN(C[C@H](C)O)CC2)cs1. The van der Waals surface area contributed by atoms with Crippen LogP contribution in [-0.4, -0.2) is 58.7 Å². The van der Waals surface area contributed by atoms with Crippen molar-refractivity contribution in [3.05, 3.63) is 16.1 Å². The minimum absolute atomic E-state index is 0.224. The van der Waals surface area contributed by atoms with Crippen molar-refractivity contribution >= 4 is 11.3 Å². The molecule has 0 amide bonds. The molecule has 1 fully saturated rings. The molecule has 1 aliphatic rings. The Hall–Kier alpha value is -0.490. The molecule has 120 valence electrons. The van der Waals surface area contributed by atoms with E-state index in [4.69, 9.17) is 4.98 Å². The van der Waals surface area contributed by atoms with Crippen LogP contribution in [0.4, 0.5) is 0 Å². The highest BCUT2D eigenvalue weighted by atomic mass is 32.1. The van der Waals surface area contributed by atoms with Crippen molar-refractivity contribution in [3.63, 3.8) is 0 Å². The third-order valence-corrected chi connectivity index (χ3v) is 4.87. The molecule has 21 heavy (non-hydrogen) atoms. The van der Waals surface area contributed by atoms with Crippen LogP contribution >= 0.6 is 11.3 Å². The van der Waals surface area contributed by atoms with Crippen LogP contribution in [0.5, 0.6) is 0 Å². The van der Waals surface area contributed by atoms with Crippen LogP contribution in [-0.2, 0) is 13.0 Å². The lowest BCUT2D eigenvalue weighted by atomic mass is 10.1. The van der Waals surface area contributed by atoms with Gasteiger partial charge < -0.3 is 5.11 Å². The van der Waals surface area contributed by atoms with E-state index in [2.05, 4.69) is 29.0 Å². The summed E-state index contributed by atoms with van der Waals surface area (Å²) in [7, 11) is 0. The number of β-amino-alcohol motifs (C(OH)–C–C–N with tert-alkyl or cyclic N) is 1. The van der Waals surface area contributed by atoms with E-state index < -0.39 is 0 Å². The van der Waals surface area contributed by atoms with Crippen molar-refractivity contribution in [1.82, 2.24) is 14.8 Å². The average molecular weight is 311 g/mol. The molecule has 0 radical (unpaired) electrons. The van der Waals surface area contributed by atoms with E-state index in [0.717, 1.165) is 51.6 Å². The number of thiazole rings is 1. The standard InChI is InChI=1S/C16H29N3OS/c1-13(2)4-5-16-17-15(12-21-16)11-19-8-6-18(7-9-19)10-14(3)20/h12-14,20H,4-11H2,1-3H3/t14-/m0/s1. The molecule has 1 aliphatic heterocycles. The molecule has 0 aromatic carbocycles. The summed E-state index contributed by atoms with van der Waals surface area (Å²) in [4.78, 5) is 9.58. The van der Waals surface area contributed by atoms with Crippen molar-refractivity contribution in [2.24, 2.45) is 5.92 Å². The average Bonchev–Trinajstić information content (AvgIpc) is 2.86. The number of aromatic nitrogens is 1. The molecule has 2 rings (SSSR count). The van der Waals surface area contributed by atoms with E-state index in [1.165, 1.54) is 17.1 Å². The second-order valence-corrected chi connectivity index (χ2v) is 7.53. The van der Waals surface area contributed by atoms with E-state index in [1.54, 1.807) is 0 Å². The first-order valence-electron chi connectivity index (χ1n) is 8.09. The molecular weight excluding hydrogens is 282 g/mol. The van der Waals surface area contributed by atoms with E-state index in [-0.39, 0.29) is 6.10 Å². The Morgan fingerprint density at radius 3 is 2.48 bits per heavy atom. The van der Waals surface area contributed by atoms with Crippen LogP contribution in [0.3, 0.4) is 0 Å². The van der Waals surface area contributed by atoms with Gasteiger partial charge in [-0.25, -0.2) is 4.98 Å². The van der Waals surface area contributed by atoms with Crippen molar-refractivity contribution < 1.29 is 5.11 Å². The zero-order valence-electron chi connectivity index (χ0n) is 13.6. The fourth-order valence-corrected chi connectivity index (χ4v) is 3.49. The van der Waals surface area contributed by atoms with Crippen LogP contribution in [0.2, 0.25) is 0 Å². The molecule has 0 aliphatic carbocycles. The van der Waals surface area contributed by atoms with Gasteiger partial charge in [0.1, 0.15) is 0 Å². The van der Waals surface area contributed by atoms with Crippen LogP contribution in [0.25, 0.3) is 0 Å². The van der Waals surface area contributed by atoms with Gasteiger partial charge in [0.25, 0.3) is 0 Å². The van der Waals surface area contributed by atoms with Gasteiger partial charge in [0.2, 0.25) is 0 Å². The molecule has 4 nitrogen and oxygen atoms in total. The van der Waals surface area contributed by atoms with Crippen molar-refractivity contribution in [2.75, 3.05) is 32.7 Å². The van der Waals surface area contributed by atoms with Gasteiger partial charge in [0.05, 0.1) is 16.8 Å². The van der Waals surface area contributed by atoms with Gasteiger partial charge in [0.15, 0.2) is 0 Å². The molecule has 1 aromatic heterocycles. The molecule has 5 heteroatoms. The van der Waals surface area contributed by atoms with E-state index >= 15 is 0 Å². The highest BCUT2D eigenvalue weighted by Crippen LogP contribution is 2.16. The van der Waals surface area contributed by atoms with E-state index in [0.29, 0.717) is 0 Å². The van der Waals surface area contributed by atoms with Gasteiger partial charge in [0, 0.05) is 44.6 Å². The predicted molar refractivity (Wildman–Crippen MR) is 88.7 cm³/mol. The molecule has 1 N–H and O–H groups in total. The fourth-order valence-electron chi connectivity index (χ4n) is 2.68. The van der Waals surface area contributed by atoms with E-state index in [9.17, 15) is 5.11 Å². The normalized spacial score (nSPS) is 19.3. The quantitative estimate of drug-likeness (QED) is 0.838. The summed E-state index contributed by atoms with van der Waals surface area (Å²) in [6, 6.07) is 0. The van der Waals surface area contributed by atoms with Crippen molar-refractivity contribution in [3.8, 4) is 0 Å². The van der Waals surface area contributed by atoms with Gasteiger partial charge >= 0.3 is 0 Å². The Morgan fingerprint density at radius 2 is 1.86 bits per heavy atom. The summed E-state index contributed by atoms with van der Waals surface area (Å²) in [5.41, 5.74) is 1.22. The van der Waals surface area contributed by atoms with Crippen LogP contribution in [0, 0.1) is 5.92 Å². The first kappa shape index (κ1) is 16.9. The first-order valence-corrected chi connectivity index (χ1v) is 8.97. The highest BCUT2D eigenvalue weighted by molar-refractivity contribution is 7.09. The lowest BCUT2D eigenvalue weighted by Gasteiger charge is -2.34. The number of rotatable bonds is 7. The maximum Gasteiger partial charge on any atom is 0.0928 e. The minimum atomic E-state index is -0.224. The summed E-state index contributed by atoms with van der Waals surface area (Å²) in [6.45, 7) is 12.4. The minimum Gasteiger partial charge on any atom is -0.392 e. The second kappa shape index (κ2) is 8.22. The molecular formula is C16H29N3OS. The number of aliphatic hydroxyl groups is 1. The predicted octanol–water partition coefficient (Wildman–Crippen LogP) is 2.23. The van der Waals surface area contributed by atoms with Gasteiger partial charge in [-0.15, -0.1) is 11.3 Å². The second-order valence-electron chi connectivity index (χ2n) is 6.59. The third kappa shape index (κ3) is 6.02. The Morgan fingerprint density at radius 1 is 1.19 bits per heavy atom. The third-order valence-electron chi connectivity index (χ3n) is 3.91. The largest absolute Gasteiger partial charge is 0.392 e. The number of piperazine rings is 1. The first-order chi connectivity index (χ1) is 10.0. The summed E-state index contributed by atoms with van der Waals surface area (Å²) in [5.74, 6) is 0.749. The Kier molecular flexibility index (Phi) is 6.61. The monoisotopic (exact) mass is 311 g/mol. The molecule has 0 spiro atoms. The number of hydrogen-bond acceptors (Lipinski definition) is 5. The van der Waals surface area contributed by atoms with E-state index in [1.807, 2.05) is 18.3 Å². The summed E-state index contributed by atoms with van der Waals surface area (Å²) in [5, 5.41) is 12.9. The van der Waals surface area contributed by atoms with Gasteiger partial charge in [-0.2, -0.15) is 0 Å². The highest BCUT2D eigenvalue weighted by Gasteiger charge is 2.18. The molecule has 1 saturated heterocycles. The number of aryl methyl sites for hydroxylation is 1. The van der Waals surface area contributed by atoms with Crippen molar-refractivity contribution in [2.45, 2.75) is 46.3 Å². The molecule has 1 aromatic rings. The topological polar surface area (TPSA) is 39.6 Å². The molecule has 0 unspecified atom stereocenters. The van der Waals surface area contributed by atoms with Gasteiger partial charge in [-0.3, -0.25) is 9.80 Å². The lowest BCUT2D eigenvalue weighted by Crippen LogP contribution is -2.47. The Labute approximate surface area is 132 Å². The number of nitrogens with zero attached hydrogens (tertiary/aromatic N) is 3. The van der Waals surface area contributed by atoms with Gasteiger partial charge in [-0.1, -0.05) is 13.8 Å². The van der Waals surface area contributed by atoms with Crippen LogP contribution in [0.1, 0.15) is 37.9 Å². The number of hydrogen-bond donors (Lipinski definition) is 1. The zero-order valence-corrected chi connectivity index (χ0v) is 14.4. The number of aliphatic hydroxyl groups excluding tert-OH is 1. The van der Waals surface area contributed by atoms with Crippen molar-refractivity contribution in [1.29, 1.82) is 0 Å². The summed E-state index contributed by atoms with van der Waals surface area (Å²) < 4.78 is 0. The van der Waals surface area contributed by atoms with Crippen LogP contribution < -0.4 is 0 Å². The summed E-state index contributed by atoms with van der Waals surface area (Å²) in [6.07, 6.45) is 2.12. The van der Waals surface area contributed by atoms with Gasteiger partial charge in [-0.05, 0) is 25.7 Å². The molecule has 0 bridgehead atoms. The lowest BCUT2D eigenvalue weighted by molar-refractivity contribution is 0.0777.